The molecule has 0 aliphatic carbocycles. The Hall–Kier alpha value is -2.25. The predicted molar refractivity (Wildman–Crippen MR) is 92.9 cm³/mol. The van der Waals surface area contributed by atoms with Crippen molar-refractivity contribution in [2.75, 3.05) is 6.61 Å². The van der Waals surface area contributed by atoms with Gasteiger partial charge in [0, 0.05) is 0 Å². The number of rotatable bonds is 8. The molecule has 0 saturated carbocycles. The van der Waals surface area contributed by atoms with Gasteiger partial charge in [-0.1, -0.05) is 60.7 Å². The number of hydrogen-bond acceptors (Lipinski definition) is 6. The first-order chi connectivity index (χ1) is 12.8. The van der Waals surface area contributed by atoms with Gasteiger partial charge in [-0.3, -0.25) is 4.79 Å². The standard InChI is InChI=1S/C20H22O6/c21-14-26-18-17(23-11-15-7-3-1-4-8-15)13-25-20(22)19(18)24-12-16-9-5-2-6-10-16/h1-10,14,17-20,22H,11-13H2/t17-,18+,19+,20?/m1/s1. The lowest BCUT2D eigenvalue weighted by molar-refractivity contribution is -0.277. The number of aliphatic hydroxyl groups is 1. The van der Waals surface area contributed by atoms with E-state index in [-0.39, 0.29) is 13.2 Å². The first-order valence-corrected chi connectivity index (χ1v) is 8.48. The van der Waals surface area contributed by atoms with Gasteiger partial charge in [0.2, 0.25) is 0 Å². The highest BCUT2D eigenvalue weighted by molar-refractivity contribution is 5.38. The van der Waals surface area contributed by atoms with Gasteiger partial charge < -0.3 is 24.1 Å². The van der Waals surface area contributed by atoms with E-state index in [1.54, 1.807) is 0 Å². The summed E-state index contributed by atoms with van der Waals surface area (Å²) >= 11 is 0. The third-order valence-electron chi connectivity index (χ3n) is 4.21. The van der Waals surface area contributed by atoms with Crippen molar-refractivity contribution in [3.63, 3.8) is 0 Å². The fourth-order valence-corrected chi connectivity index (χ4v) is 2.85. The predicted octanol–water partition coefficient (Wildman–Crippen LogP) is 2.05. The molecular formula is C20H22O6. The molecule has 2 aromatic carbocycles. The summed E-state index contributed by atoms with van der Waals surface area (Å²) in [5.41, 5.74) is 1.93. The highest BCUT2D eigenvalue weighted by Gasteiger charge is 2.43. The molecule has 0 amide bonds. The molecule has 1 unspecified atom stereocenters. The van der Waals surface area contributed by atoms with Gasteiger partial charge in [-0.2, -0.15) is 0 Å². The summed E-state index contributed by atoms with van der Waals surface area (Å²) in [7, 11) is 0. The van der Waals surface area contributed by atoms with Crippen LogP contribution in [0.25, 0.3) is 0 Å². The average molecular weight is 358 g/mol. The average Bonchev–Trinajstić information content (AvgIpc) is 2.69. The van der Waals surface area contributed by atoms with Crippen molar-refractivity contribution in [1.29, 1.82) is 0 Å². The lowest BCUT2D eigenvalue weighted by Gasteiger charge is -2.38. The number of carbonyl (C=O) groups is 1. The topological polar surface area (TPSA) is 74.2 Å². The van der Waals surface area contributed by atoms with Crippen molar-refractivity contribution in [1.82, 2.24) is 0 Å². The Morgan fingerprint density at radius 3 is 2.08 bits per heavy atom. The molecule has 0 bridgehead atoms. The molecule has 1 heterocycles. The van der Waals surface area contributed by atoms with Crippen LogP contribution < -0.4 is 0 Å². The summed E-state index contributed by atoms with van der Waals surface area (Å²) in [6, 6.07) is 19.2. The first-order valence-electron chi connectivity index (χ1n) is 8.48. The van der Waals surface area contributed by atoms with Crippen molar-refractivity contribution in [3.05, 3.63) is 71.8 Å². The van der Waals surface area contributed by atoms with Crippen LogP contribution in [0.3, 0.4) is 0 Å². The maximum Gasteiger partial charge on any atom is 0.293 e. The highest BCUT2D eigenvalue weighted by Crippen LogP contribution is 2.24. The SMILES string of the molecule is O=CO[C@@H]1[C@H](OCc2ccccc2)C(O)OC[C@H]1OCc1ccccc1. The van der Waals surface area contributed by atoms with Gasteiger partial charge in [0.15, 0.2) is 12.4 Å². The monoisotopic (exact) mass is 358 g/mol. The van der Waals surface area contributed by atoms with E-state index < -0.39 is 24.6 Å². The highest BCUT2D eigenvalue weighted by atomic mass is 16.7. The summed E-state index contributed by atoms with van der Waals surface area (Å²) in [5, 5.41) is 10.1. The molecule has 0 spiro atoms. The molecule has 1 aliphatic rings. The number of aliphatic hydroxyl groups excluding tert-OH is 1. The van der Waals surface area contributed by atoms with Crippen LogP contribution >= 0.6 is 0 Å². The van der Waals surface area contributed by atoms with Crippen molar-refractivity contribution in [2.45, 2.75) is 37.8 Å². The molecule has 0 radical (unpaired) electrons. The van der Waals surface area contributed by atoms with E-state index in [4.69, 9.17) is 18.9 Å². The van der Waals surface area contributed by atoms with Crippen LogP contribution in [-0.4, -0.2) is 42.8 Å². The van der Waals surface area contributed by atoms with E-state index in [9.17, 15) is 9.90 Å². The fourth-order valence-electron chi connectivity index (χ4n) is 2.85. The Labute approximate surface area is 152 Å². The van der Waals surface area contributed by atoms with E-state index in [0.29, 0.717) is 13.1 Å². The van der Waals surface area contributed by atoms with Gasteiger partial charge in [-0.15, -0.1) is 0 Å². The number of hydrogen-bond donors (Lipinski definition) is 1. The molecule has 2 aromatic rings. The van der Waals surface area contributed by atoms with Crippen LogP contribution in [0.1, 0.15) is 11.1 Å². The zero-order chi connectivity index (χ0) is 18.2. The van der Waals surface area contributed by atoms with Crippen LogP contribution in [0.2, 0.25) is 0 Å². The van der Waals surface area contributed by atoms with Crippen molar-refractivity contribution >= 4 is 6.47 Å². The van der Waals surface area contributed by atoms with Gasteiger partial charge in [-0.05, 0) is 11.1 Å². The molecule has 1 saturated heterocycles. The molecule has 4 atom stereocenters. The van der Waals surface area contributed by atoms with Gasteiger partial charge in [-0.25, -0.2) is 0 Å². The van der Waals surface area contributed by atoms with E-state index in [2.05, 4.69) is 0 Å². The summed E-state index contributed by atoms with van der Waals surface area (Å²) in [6.45, 7) is 1.06. The Bertz CT molecular complexity index is 663. The minimum atomic E-state index is -1.19. The normalized spacial score (nSPS) is 25.6. The molecule has 3 rings (SSSR count). The molecule has 6 nitrogen and oxygen atoms in total. The number of carbonyl (C=O) groups excluding carboxylic acids is 1. The van der Waals surface area contributed by atoms with Gasteiger partial charge >= 0.3 is 0 Å². The van der Waals surface area contributed by atoms with E-state index in [1.807, 2.05) is 60.7 Å². The van der Waals surface area contributed by atoms with Crippen LogP contribution in [0.5, 0.6) is 0 Å². The zero-order valence-corrected chi connectivity index (χ0v) is 14.3. The largest absolute Gasteiger partial charge is 0.459 e. The van der Waals surface area contributed by atoms with Crippen molar-refractivity contribution < 1.29 is 28.8 Å². The lowest BCUT2D eigenvalue weighted by Crippen LogP contribution is -2.56. The Morgan fingerprint density at radius 1 is 0.923 bits per heavy atom. The van der Waals surface area contributed by atoms with Crippen molar-refractivity contribution in [2.24, 2.45) is 0 Å². The minimum absolute atomic E-state index is 0.109. The third-order valence-corrected chi connectivity index (χ3v) is 4.21. The molecular weight excluding hydrogens is 336 g/mol. The third kappa shape index (κ3) is 4.89. The second-order valence-electron chi connectivity index (χ2n) is 6.02. The maximum absolute atomic E-state index is 11.0. The molecule has 6 heteroatoms. The maximum atomic E-state index is 11.0. The van der Waals surface area contributed by atoms with E-state index >= 15 is 0 Å². The fraction of sp³-hybridized carbons (Fsp3) is 0.350. The Morgan fingerprint density at radius 2 is 1.50 bits per heavy atom. The summed E-state index contributed by atoms with van der Waals surface area (Å²) in [5.74, 6) is 0. The van der Waals surface area contributed by atoms with E-state index in [1.165, 1.54) is 0 Å². The van der Waals surface area contributed by atoms with Gasteiger partial charge in [0.05, 0.1) is 19.8 Å². The van der Waals surface area contributed by atoms with Crippen molar-refractivity contribution in [3.8, 4) is 0 Å². The molecule has 1 fully saturated rings. The molecule has 0 aromatic heterocycles. The molecule has 1 aliphatic heterocycles. The van der Waals surface area contributed by atoms with Gasteiger partial charge in [0.1, 0.15) is 12.2 Å². The van der Waals surface area contributed by atoms with Crippen LogP contribution in [0.4, 0.5) is 0 Å². The first kappa shape index (κ1) is 18.5. The van der Waals surface area contributed by atoms with Crippen LogP contribution in [-0.2, 0) is 37.0 Å². The molecule has 138 valence electrons. The van der Waals surface area contributed by atoms with Gasteiger partial charge in [0.25, 0.3) is 6.47 Å². The minimum Gasteiger partial charge on any atom is -0.459 e. The number of benzene rings is 2. The molecule has 1 N–H and O–H groups in total. The van der Waals surface area contributed by atoms with E-state index in [0.717, 1.165) is 11.1 Å². The summed E-state index contributed by atoms with van der Waals surface area (Å²) in [6.07, 6.45) is -3.33. The quantitative estimate of drug-likeness (QED) is 0.728. The van der Waals surface area contributed by atoms with Crippen LogP contribution in [0, 0.1) is 0 Å². The number of ether oxygens (including phenoxy) is 4. The smallest absolute Gasteiger partial charge is 0.293 e. The Kier molecular flexibility index (Phi) is 6.74. The molecule has 26 heavy (non-hydrogen) atoms. The Balaban J connectivity index is 1.64. The lowest BCUT2D eigenvalue weighted by atomic mass is 10.0. The zero-order valence-electron chi connectivity index (χ0n) is 14.3. The van der Waals surface area contributed by atoms with Crippen LogP contribution in [0.15, 0.2) is 60.7 Å². The second kappa shape index (κ2) is 9.45. The summed E-state index contributed by atoms with van der Waals surface area (Å²) in [4.78, 5) is 11.0. The summed E-state index contributed by atoms with van der Waals surface area (Å²) < 4.78 is 22.2. The second-order valence-corrected chi connectivity index (χ2v) is 6.02.